The molecule has 15 heavy (non-hydrogen) atoms. The summed E-state index contributed by atoms with van der Waals surface area (Å²) >= 11 is 0. The molecule has 0 aromatic heterocycles. The maximum Gasteiger partial charge on any atom is 0.211 e. The van der Waals surface area contributed by atoms with Crippen LogP contribution >= 0.6 is 0 Å². The third-order valence-electron chi connectivity index (χ3n) is 1.11. The maximum atomic E-state index is 5.20. The zero-order valence-electron chi connectivity index (χ0n) is 12.1. The van der Waals surface area contributed by atoms with Crippen molar-refractivity contribution in [3.05, 3.63) is 11.8 Å². The average Bonchev–Trinajstić information content (AvgIpc) is 2.34. The molecule has 0 aromatic rings. The fourth-order valence-electron chi connectivity index (χ4n) is 0.317. The lowest BCUT2D eigenvalue weighted by Gasteiger charge is -2.12. The Bertz CT molecular complexity index is 143. The van der Waals surface area contributed by atoms with E-state index in [-0.39, 0.29) is 0 Å². The van der Waals surface area contributed by atoms with Gasteiger partial charge < -0.3 is 4.43 Å². The smallest absolute Gasteiger partial charge is 0.211 e. The van der Waals surface area contributed by atoms with Gasteiger partial charge in [-0.05, 0) is 19.2 Å². The van der Waals surface area contributed by atoms with E-state index in [1.54, 1.807) is 13.2 Å². The molecule has 0 aliphatic heterocycles. The highest BCUT2D eigenvalue weighted by Crippen LogP contribution is 2.02. The van der Waals surface area contributed by atoms with Crippen LogP contribution in [0.3, 0.4) is 0 Å². The van der Waals surface area contributed by atoms with Crippen molar-refractivity contribution in [1.29, 1.82) is 0 Å². The Hall–Kier alpha value is -0.523. The summed E-state index contributed by atoms with van der Waals surface area (Å²) in [4.78, 5) is 0. The molecule has 0 aliphatic rings. The van der Waals surface area contributed by atoms with Gasteiger partial charge in [0, 0.05) is 7.11 Å². The first-order valence-electron chi connectivity index (χ1n) is 5.81. The molecule has 0 rings (SSSR count). The number of allylic oxidation sites excluding steroid dienone is 1. The van der Waals surface area contributed by atoms with Crippen molar-refractivity contribution in [3.8, 4) is 12.3 Å². The maximum absolute atomic E-state index is 5.20. The highest BCUT2D eigenvalue weighted by molar-refractivity contribution is 6.76. The minimum absolute atomic E-state index is 1.52. The fraction of sp³-hybridized carbons (Fsp3) is 0.692. The Kier molecular flexibility index (Phi) is 37.3. The van der Waals surface area contributed by atoms with Gasteiger partial charge in [-0.2, -0.15) is 0 Å². The highest BCUT2D eigenvalue weighted by atomic mass is 28.4. The van der Waals surface area contributed by atoms with Crippen LogP contribution in [0.1, 0.15) is 41.5 Å². The Balaban J connectivity index is -0.0000000860. The van der Waals surface area contributed by atoms with E-state index < -0.39 is 8.32 Å². The van der Waals surface area contributed by atoms with Gasteiger partial charge in [-0.3, -0.25) is 0 Å². The van der Waals surface area contributed by atoms with E-state index in [2.05, 4.69) is 19.0 Å². The molecule has 0 atom stereocenters. The Morgan fingerprint density at radius 2 is 1.33 bits per heavy atom. The molecule has 0 fully saturated rings. The van der Waals surface area contributed by atoms with Crippen LogP contribution in [-0.4, -0.2) is 15.4 Å². The molecule has 0 unspecified atom stereocenters. The largest absolute Gasteiger partial charge is 0.417 e. The van der Waals surface area contributed by atoms with E-state index in [9.17, 15) is 0 Å². The predicted molar refractivity (Wildman–Crippen MR) is 76.5 cm³/mol. The molecule has 0 radical (unpaired) electrons. The minimum Gasteiger partial charge on any atom is -0.417 e. The molecule has 0 bridgehead atoms. The molecule has 0 heterocycles. The number of terminal acetylenes is 1. The van der Waals surface area contributed by atoms with E-state index in [4.69, 9.17) is 10.8 Å². The quantitative estimate of drug-likeness (QED) is 0.496. The van der Waals surface area contributed by atoms with Gasteiger partial charge in [-0.15, -0.1) is 6.42 Å². The van der Waals surface area contributed by atoms with E-state index in [1.807, 2.05) is 47.2 Å². The van der Waals surface area contributed by atoms with Crippen LogP contribution in [0.2, 0.25) is 13.1 Å². The lowest BCUT2D eigenvalue weighted by molar-refractivity contribution is 0.415. The summed E-state index contributed by atoms with van der Waals surface area (Å²) in [7, 11) is 0.194. The van der Waals surface area contributed by atoms with Crippen molar-refractivity contribution < 1.29 is 4.43 Å². The van der Waals surface area contributed by atoms with Gasteiger partial charge in [-0.25, -0.2) is 0 Å². The number of rotatable bonds is 2. The second-order valence-electron chi connectivity index (χ2n) is 2.31. The molecule has 1 nitrogen and oxygen atoms in total. The van der Waals surface area contributed by atoms with Crippen LogP contribution in [0.25, 0.3) is 0 Å². The van der Waals surface area contributed by atoms with Crippen molar-refractivity contribution in [2.75, 3.05) is 7.11 Å². The molecule has 92 valence electrons. The first kappa shape index (κ1) is 24.0. The van der Waals surface area contributed by atoms with E-state index in [0.29, 0.717) is 0 Å². The van der Waals surface area contributed by atoms with Crippen molar-refractivity contribution in [1.82, 2.24) is 0 Å². The average molecular weight is 230 g/mol. The minimum atomic E-state index is -1.52. The Morgan fingerprint density at radius 1 is 1.00 bits per heavy atom. The van der Waals surface area contributed by atoms with Crippen LogP contribution < -0.4 is 0 Å². The van der Waals surface area contributed by atoms with Crippen LogP contribution in [0.5, 0.6) is 0 Å². The summed E-state index contributed by atoms with van der Waals surface area (Å²) in [5, 5.41) is 0. The standard InChI is InChI=1S/C7H12OSi.3C2H6/c1-5-6-7-9(3,4)8-2;3*1-2/h1,6-7H,2-4H3;3*1-2H3/b7-6+;;;. The van der Waals surface area contributed by atoms with Crippen molar-refractivity contribution in [3.63, 3.8) is 0 Å². The molecule has 0 spiro atoms. The van der Waals surface area contributed by atoms with Crippen LogP contribution in [0, 0.1) is 12.3 Å². The molecular formula is C13H30OSi. The first-order chi connectivity index (χ1) is 7.12. The number of hydrogen-bond acceptors (Lipinski definition) is 1. The molecule has 0 amide bonds. The third kappa shape index (κ3) is 31.8. The summed E-state index contributed by atoms with van der Waals surface area (Å²) in [6.07, 6.45) is 6.72. The van der Waals surface area contributed by atoms with Gasteiger partial charge in [0.15, 0.2) is 0 Å². The summed E-state index contributed by atoms with van der Waals surface area (Å²) < 4.78 is 5.20. The Labute approximate surface area is 99.1 Å². The summed E-state index contributed by atoms with van der Waals surface area (Å²) in [6.45, 7) is 16.2. The summed E-state index contributed by atoms with van der Waals surface area (Å²) in [6, 6.07) is 0. The van der Waals surface area contributed by atoms with E-state index in [0.717, 1.165) is 0 Å². The summed E-state index contributed by atoms with van der Waals surface area (Å²) in [5.74, 6) is 2.43. The van der Waals surface area contributed by atoms with Gasteiger partial charge in [0.1, 0.15) is 0 Å². The fourth-order valence-corrected chi connectivity index (χ4v) is 0.951. The van der Waals surface area contributed by atoms with Gasteiger partial charge in [0.2, 0.25) is 8.32 Å². The molecule has 0 aromatic carbocycles. The SMILES string of the molecule is C#C/C=C/[Si](C)(C)OC.CC.CC.CC. The zero-order valence-corrected chi connectivity index (χ0v) is 13.1. The molecule has 0 saturated heterocycles. The Morgan fingerprint density at radius 3 is 1.53 bits per heavy atom. The van der Waals surface area contributed by atoms with Gasteiger partial charge in [-0.1, -0.05) is 53.2 Å². The first-order valence-corrected chi connectivity index (χ1v) is 8.80. The molecule has 0 saturated carbocycles. The lowest BCUT2D eigenvalue weighted by Crippen LogP contribution is -2.25. The van der Waals surface area contributed by atoms with Gasteiger partial charge in [0.05, 0.1) is 0 Å². The molecule has 0 aliphatic carbocycles. The highest BCUT2D eigenvalue weighted by Gasteiger charge is 2.14. The van der Waals surface area contributed by atoms with Crippen LogP contribution in [0.4, 0.5) is 0 Å². The van der Waals surface area contributed by atoms with E-state index >= 15 is 0 Å². The van der Waals surface area contributed by atoms with Crippen LogP contribution in [0.15, 0.2) is 11.8 Å². The second-order valence-corrected chi connectivity index (χ2v) is 6.26. The van der Waals surface area contributed by atoms with Gasteiger partial charge in [0.25, 0.3) is 0 Å². The lowest BCUT2D eigenvalue weighted by atomic mass is 10.7. The monoisotopic (exact) mass is 230 g/mol. The second kappa shape index (κ2) is 23.4. The van der Waals surface area contributed by atoms with E-state index in [1.165, 1.54) is 0 Å². The normalized spacial score (nSPS) is 8.27. The van der Waals surface area contributed by atoms with Crippen LogP contribution in [-0.2, 0) is 4.43 Å². The third-order valence-corrected chi connectivity index (χ3v) is 3.13. The summed E-state index contributed by atoms with van der Waals surface area (Å²) in [5.41, 5.74) is 1.98. The molecule has 0 N–H and O–H groups in total. The number of hydrogen-bond donors (Lipinski definition) is 0. The van der Waals surface area contributed by atoms with Crippen molar-refractivity contribution in [2.24, 2.45) is 0 Å². The molecular weight excluding hydrogens is 200 g/mol. The topological polar surface area (TPSA) is 9.23 Å². The van der Waals surface area contributed by atoms with Crippen molar-refractivity contribution >= 4 is 8.32 Å². The predicted octanol–water partition coefficient (Wildman–Crippen LogP) is 4.65. The van der Waals surface area contributed by atoms with Gasteiger partial charge >= 0.3 is 0 Å². The van der Waals surface area contributed by atoms with Crippen molar-refractivity contribution in [2.45, 2.75) is 54.6 Å². The zero-order chi connectivity index (χ0) is 13.3. The molecule has 2 heteroatoms.